The number of nitrogens with zero attached hydrogens (tertiary/aromatic N) is 1. The van der Waals surface area contributed by atoms with Crippen molar-refractivity contribution in [1.29, 1.82) is 0 Å². The molecule has 0 aliphatic carbocycles. The quantitative estimate of drug-likeness (QED) is 0.811. The van der Waals surface area contributed by atoms with E-state index < -0.39 is 11.5 Å². The molecule has 0 atom stereocenters. The van der Waals surface area contributed by atoms with Crippen molar-refractivity contribution in [3.63, 3.8) is 0 Å². The van der Waals surface area contributed by atoms with Gasteiger partial charge in [-0.2, -0.15) is 0 Å². The molecule has 1 aliphatic heterocycles. The lowest BCUT2D eigenvalue weighted by atomic mass is 9.90. The molecule has 1 heterocycles. The molecule has 1 saturated heterocycles. The highest BCUT2D eigenvalue weighted by molar-refractivity contribution is 5.97. The first-order valence-corrected chi connectivity index (χ1v) is 5.87. The second kappa shape index (κ2) is 4.42. The van der Waals surface area contributed by atoms with Crippen LogP contribution in [0.5, 0.6) is 0 Å². The number of benzene rings is 1. The van der Waals surface area contributed by atoms with Gasteiger partial charge >= 0.3 is 0 Å². The fraction of sp³-hybridized carbons (Fsp3) is 0.385. The zero-order valence-corrected chi connectivity index (χ0v) is 10.2. The first-order valence-electron chi connectivity index (χ1n) is 5.87. The number of primary amides is 1. The second-order valence-corrected chi connectivity index (χ2v) is 4.68. The average molecular weight is 248 g/mol. The lowest BCUT2D eigenvalue weighted by Gasteiger charge is -2.46. The largest absolute Gasteiger partial charge is 0.386 e. The third-order valence-electron chi connectivity index (χ3n) is 3.33. The van der Waals surface area contributed by atoms with Crippen LogP contribution in [-0.4, -0.2) is 40.5 Å². The Morgan fingerprint density at radius 3 is 2.22 bits per heavy atom. The minimum atomic E-state index is -0.733. The van der Waals surface area contributed by atoms with E-state index in [0.717, 1.165) is 0 Å². The molecular weight excluding hydrogens is 232 g/mol. The summed E-state index contributed by atoms with van der Waals surface area (Å²) in [5, 5.41) is 9.85. The van der Waals surface area contributed by atoms with E-state index in [1.807, 2.05) is 6.92 Å². The van der Waals surface area contributed by atoms with Crippen LogP contribution in [-0.2, 0) is 0 Å². The molecule has 1 aliphatic rings. The third kappa shape index (κ3) is 2.22. The summed E-state index contributed by atoms with van der Waals surface area (Å²) in [5.41, 5.74) is 5.26. The van der Waals surface area contributed by atoms with Crippen LogP contribution < -0.4 is 5.73 Å². The van der Waals surface area contributed by atoms with Crippen molar-refractivity contribution in [3.05, 3.63) is 35.4 Å². The minimum absolute atomic E-state index is 0.135. The smallest absolute Gasteiger partial charge is 0.254 e. The predicted molar refractivity (Wildman–Crippen MR) is 66.1 cm³/mol. The van der Waals surface area contributed by atoms with E-state index in [4.69, 9.17) is 5.73 Å². The first kappa shape index (κ1) is 12.6. The lowest BCUT2D eigenvalue weighted by Crippen LogP contribution is -2.63. The van der Waals surface area contributed by atoms with Crippen LogP contribution in [0.25, 0.3) is 0 Å². The van der Waals surface area contributed by atoms with Crippen LogP contribution in [0.1, 0.15) is 34.1 Å². The number of nitrogens with two attached hydrogens (primary N) is 1. The van der Waals surface area contributed by atoms with Gasteiger partial charge in [0.05, 0.1) is 18.7 Å². The Morgan fingerprint density at radius 1 is 1.28 bits per heavy atom. The molecule has 0 bridgehead atoms. The number of likely N-dealkylation sites (tertiary alicyclic amines) is 1. The van der Waals surface area contributed by atoms with Gasteiger partial charge in [0.15, 0.2) is 0 Å². The molecule has 0 aromatic heterocycles. The molecule has 18 heavy (non-hydrogen) atoms. The van der Waals surface area contributed by atoms with Crippen molar-refractivity contribution < 1.29 is 14.7 Å². The highest BCUT2D eigenvalue weighted by Crippen LogP contribution is 2.25. The van der Waals surface area contributed by atoms with Crippen LogP contribution in [0.2, 0.25) is 0 Å². The number of hydrogen-bond acceptors (Lipinski definition) is 3. The van der Waals surface area contributed by atoms with Crippen molar-refractivity contribution in [2.75, 3.05) is 13.1 Å². The predicted octanol–water partition coefficient (Wildman–Crippen LogP) is 0.382. The maximum absolute atomic E-state index is 12.0. The zero-order chi connectivity index (χ0) is 13.3. The van der Waals surface area contributed by atoms with Crippen molar-refractivity contribution in [2.24, 2.45) is 5.73 Å². The summed E-state index contributed by atoms with van der Waals surface area (Å²) in [6, 6.07) is 6.21. The van der Waals surface area contributed by atoms with Gasteiger partial charge in [-0.1, -0.05) is 6.92 Å². The van der Waals surface area contributed by atoms with E-state index in [2.05, 4.69) is 0 Å². The Morgan fingerprint density at radius 2 is 1.78 bits per heavy atom. The summed E-state index contributed by atoms with van der Waals surface area (Å²) in [4.78, 5) is 24.5. The van der Waals surface area contributed by atoms with Gasteiger partial charge in [0.1, 0.15) is 0 Å². The third-order valence-corrected chi connectivity index (χ3v) is 3.33. The van der Waals surface area contributed by atoms with Gasteiger partial charge in [0, 0.05) is 11.1 Å². The van der Waals surface area contributed by atoms with Crippen LogP contribution in [0, 0.1) is 0 Å². The van der Waals surface area contributed by atoms with Gasteiger partial charge in [-0.05, 0) is 30.7 Å². The second-order valence-electron chi connectivity index (χ2n) is 4.68. The van der Waals surface area contributed by atoms with E-state index >= 15 is 0 Å². The zero-order valence-electron chi connectivity index (χ0n) is 10.2. The number of carbonyl (C=O) groups excluding carboxylic acids is 2. The SMILES string of the molecule is CCC1(O)CN(C(=O)c2ccc(C(N)=O)cc2)C1. The Labute approximate surface area is 105 Å². The lowest BCUT2D eigenvalue weighted by molar-refractivity contribution is -0.0826. The van der Waals surface area contributed by atoms with Crippen LogP contribution >= 0.6 is 0 Å². The van der Waals surface area contributed by atoms with Crippen LogP contribution in [0.15, 0.2) is 24.3 Å². The summed E-state index contributed by atoms with van der Waals surface area (Å²) in [7, 11) is 0. The highest BCUT2D eigenvalue weighted by atomic mass is 16.3. The maximum Gasteiger partial charge on any atom is 0.254 e. The summed E-state index contributed by atoms with van der Waals surface area (Å²) < 4.78 is 0. The molecule has 1 aromatic rings. The Bertz CT molecular complexity index is 476. The number of hydrogen-bond donors (Lipinski definition) is 2. The molecule has 3 N–H and O–H groups in total. The monoisotopic (exact) mass is 248 g/mol. The van der Waals surface area contributed by atoms with Gasteiger partial charge < -0.3 is 15.7 Å². The van der Waals surface area contributed by atoms with Gasteiger partial charge in [-0.25, -0.2) is 0 Å². The fourth-order valence-electron chi connectivity index (χ4n) is 1.99. The van der Waals surface area contributed by atoms with Gasteiger partial charge in [0.25, 0.3) is 5.91 Å². The van der Waals surface area contributed by atoms with E-state index in [-0.39, 0.29) is 5.91 Å². The molecule has 2 amide bonds. The van der Waals surface area contributed by atoms with Crippen molar-refractivity contribution in [2.45, 2.75) is 18.9 Å². The molecular formula is C13H16N2O3. The topological polar surface area (TPSA) is 83.6 Å². The molecule has 1 aromatic carbocycles. The maximum atomic E-state index is 12.0. The van der Waals surface area contributed by atoms with Crippen LogP contribution in [0.4, 0.5) is 0 Å². The Hall–Kier alpha value is -1.88. The van der Waals surface area contributed by atoms with Crippen LogP contribution in [0.3, 0.4) is 0 Å². The molecule has 1 fully saturated rings. The molecule has 0 radical (unpaired) electrons. The molecule has 0 spiro atoms. The molecule has 2 rings (SSSR count). The van der Waals surface area contributed by atoms with E-state index in [1.165, 1.54) is 12.1 Å². The summed E-state index contributed by atoms with van der Waals surface area (Å²) in [6.07, 6.45) is 0.636. The van der Waals surface area contributed by atoms with Gasteiger partial charge in [-0.15, -0.1) is 0 Å². The highest BCUT2D eigenvalue weighted by Gasteiger charge is 2.42. The van der Waals surface area contributed by atoms with Crippen molar-refractivity contribution >= 4 is 11.8 Å². The normalized spacial score (nSPS) is 17.1. The number of carbonyl (C=O) groups is 2. The summed E-state index contributed by atoms with van der Waals surface area (Å²) in [5.74, 6) is -0.651. The van der Waals surface area contributed by atoms with Crippen molar-refractivity contribution in [3.8, 4) is 0 Å². The molecule has 5 nitrogen and oxygen atoms in total. The molecule has 0 unspecified atom stereocenters. The van der Waals surface area contributed by atoms with E-state index in [9.17, 15) is 14.7 Å². The van der Waals surface area contributed by atoms with E-state index in [1.54, 1.807) is 17.0 Å². The summed E-state index contributed by atoms with van der Waals surface area (Å²) in [6.45, 7) is 2.61. The van der Waals surface area contributed by atoms with Gasteiger partial charge in [0.2, 0.25) is 5.91 Å². The average Bonchev–Trinajstić information content (AvgIpc) is 2.34. The number of β-amino-alcohol motifs (C(OH)–C–C–N with tert-alkyl or cyclic N) is 1. The Balaban J connectivity index is 2.05. The van der Waals surface area contributed by atoms with Gasteiger partial charge in [-0.3, -0.25) is 9.59 Å². The Kier molecular flexibility index (Phi) is 3.09. The molecule has 0 saturated carbocycles. The summed E-state index contributed by atoms with van der Waals surface area (Å²) >= 11 is 0. The molecule has 96 valence electrons. The standard InChI is InChI=1S/C13H16N2O3/c1-2-13(18)7-15(8-13)12(17)10-5-3-9(4-6-10)11(14)16/h3-6,18H,2,7-8H2,1H3,(H2,14,16). The first-order chi connectivity index (χ1) is 8.45. The minimum Gasteiger partial charge on any atom is -0.386 e. The molecule has 5 heteroatoms. The number of rotatable bonds is 3. The number of aliphatic hydroxyl groups is 1. The number of amides is 2. The van der Waals surface area contributed by atoms with E-state index in [0.29, 0.717) is 30.6 Å². The fourth-order valence-corrected chi connectivity index (χ4v) is 1.99. The van der Waals surface area contributed by atoms with Crippen molar-refractivity contribution in [1.82, 2.24) is 4.90 Å².